The fraction of sp³-hybridized carbons (Fsp3) is 0.360. The van der Waals surface area contributed by atoms with Crippen LogP contribution in [0.2, 0.25) is 5.02 Å². The summed E-state index contributed by atoms with van der Waals surface area (Å²) < 4.78 is 14.3. The second kappa shape index (κ2) is 9.65. The zero-order valence-corrected chi connectivity index (χ0v) is 20.5. The van der Waals surface area contributed by atoms with Crippen LogP contribution in [-0.2, 0) is 15.0 Å². The molecule has 0 aliphatic carbocycles. The Morgan fingerprint density at radius 1 is 1.20 bits per heavy atom. The molecule has 1 saturated heterocycles. The van der Waals surface area contributed by atoms with Crippen LogP contribution in [0, 0.1) is 5.82 Å². The van der Waals surface area contributed by atoms with Gasteiger partial charge < -0.3 is 15.5 Å². The fourth-order valence-corrected chi connectivity index (χ4v) is 4.73. The van der Waals surface area contributed by atoms with Crippen molar-refractivity contribution in [2.45, 2.75) is 38.0 Å². The quantitative estimate of drug-likeness (QED) is 0.586. The van der Waals surface area contributed by atoms with Crippen LogP contribution in [0.3, 0.4) is 0 Å². The average molecular weight is 500 g/mol. The number of hydrazone groups is 1. The van der Waals surface area contributed by atoms with Gasteiger partial charge in [0.25, 0.3) is 5.91 Å². The van der Waals surface area contributed by atoms with Crippen molar-refractivity contribution in [2.24, 2.45) is 5.10 Å². The van der Waals surface area contributed by atoms with Gasteiger partial charge in [-0.3, -0.25) is 14.4 Å². The van der Waals surface area contributed by atoms with Crippen molar-refractivity contribution in [2.75, 3.05) is 25.5 Å². The van der Waals surface area contributed by atoms with Crippen molar-refractivity contribution in [3.8, 4) is 0 Å². The van der Waals surface area contributed by atoms with E-state index in [-0.39, 0.29) is 34.0 Å². The number of rotatable bonds is 5. The molecule has 184 valence electrons. The smallest absolute Gasteiger partial charge is 0.253 e. The minimum atomic E-state index is -0.971. The Kier molecular flexibility index (Phi) is 6.80. The number of halogens is 2. The molecule has 2 aliphatic rings. The topological polar surface area (TPSA) is 103 Å². The first-order chi connectivity index (χ1) is 16.7. The predicted octanol–water partition coefficient (Wildman–Crippen LogP) is 3.38. The lowest BCUT2D eigenvalue weighted by molar-refractivity contribution is -0.126. The number of carbonyl (C=O) groups excluding carboxylic acids is 3. The molecule has 2 aliphatic heterocycles. The lowest BCUT2D eigenvalue weighted by Gasteiger charge is -2.51. The summed E-state index contributed by atoms with van der Waals surface area (Å²) in [6.45, 7) is 4.76. The van der Waals surface area contributed by atoms with Crippen molar-refractivity contribution in [3.63, 3.8) is 0 Å². The first-order valence-electron chi connectivity index (χ1n) is 11.4. The van der Waals surface area contributed by atoms with Gasteiger partial charge in [-0.05, 0) is 29.2 Å². The molecule has 2 aromatic carbocycles. The number of amides is 3. The molecule has 1 fully saturated rings. The third-order valence-electron chi connectivity index (χ3n) is 6.49. The van der Waals surface area contributed by atoms with Crippen LogP contribution in [0.15, 0.2) is 41.5 Å². The Hall–Kier alpha value is -3.46. The highest BCUT2D eigenvalue weighted by atomic mass is 35.5. The van der Waals surface area contributed by atoms with E-state index in [1.54, 1.807) is 0 Å². The predicted molar refractivity (Wildman–Crippen MR) is 132 cm³/mol. The summed E-state index contributed by atoms with van der Waals surface area (Å²) in [5, 5.41) is 9.23. The fourth-order valence-electron chi connectivity index (χ4n) is 4.57. The Bertz CT molecular complexity index is 1220. The molecule has 35 heavy (non-hydrogen) atoms. The van der Waals surface area contributed by atoms with Gasteiger partial charge in [-0.15, -0.1) is 0 Å². The molecule has 0 spiro atoms. The van der Waals surface area contributed by atoms with Gasteiger partial charge >= 0.3 is 0 Å². The van der Waals surface area contributed by atoms with Gasteiger partial charge in [-0.25, -0.2) is 9.82 Å². The zero-order valence-electron chi connectivity index (χ0n) is 19.7. The Balaban J connectivity index is 1.72. The standard InChI is InChI=1S/C25H27ClFN5O3/c1-14(2)15-6-4-5-7-17(15)25(12-32(13-25)21-8-9-22(33)31-30-21)24(35)29-20-11-19(27)18(26)10-16(20)23(34)28-3/h4-7,10-11,14H,8-9,12-13H2,1-3H3,(H,28,34)(H,29,35)(H,31,33). The van der Waals surface area contributed by atoms with Gasteiger partial charge in [-0.1, -0.05) is 49.7 Å². The number of nitrogens with one attached hydrogen (secondary N) is 3. The van der Waals surface area contributed by atoms with Crippen molar-refractivity contribution >= 4 is 40.8 Å². The number of nitrogens with zero attached hydrogens (tertiary/aromatic N) is 2. The molecule has 0 radical (unpaired) electrons. The second-order valence-electron chi connectivity index (χ2n) is 9.09. The van der Waals surface area contributed by atoms with Crippen LogP contribution in [0.5, 0.6) is 0 Å². The number of amidine groups is 1. The highest BCUT2D eigenvalue weighted by Crippen LogP contribution is 2.41. The summed E-state index contributed by atoms with van der Waals surface area (Å²) in [5.74, 6) is -0.886. The van der Waals surface area contributed by atoms with Crippen LogP contribution in [0.25, 0.3) is 0 Å². The minimum Gasteiger partial charge on any atom is -0.356 e. The van der Waals surface area contributed by atoms with Gasteiger partial charge in [0.15, 0.2) is 0 Å². The van der Waals surface area contributed by atoms with E-state index in [9.17, 15) is 18.8 Å². The Morgan fingerprint density at radius 3 is 2.54 bits per heavy atom. The molecule has 4 rings (SSSR count). The summed E-state index contributed by atoms with van der Waals surface area (Å²) in [6, 6.07) is 10.00. The number of hydrogen-bond acceptors (Lipinski definition) is 5. The van der Waals surface area contributed by atoms with Crippen LogP contribution >= 0.6 is 11.6 Å². The number of anilines is 1. The number of carbonyl (C=O) groups is 3. The highest BCUT2D eigenvalue weighted by Gasteiger charge is 2.53. The van der Waals surface area contributed by atoms with E-state index in [2.05, 4.69) is 35.0 Å². The van der Waals surface area contributed by atoms with Crippen molar-refractivity contribution in [3.05, 3.63) is 63.9 Å². The van der Waals surface area contributed by atoms with E-state index in [0.29, 0.717) is 31.8 Å². The first-order valence-corrected chi connectivity index (χ1v) is 11.8. The van der Waals surface area contributed by atoms with Crippen LogP contribution in [-0.4, -0.2) is 48.6 Å². The van der Waals surface area contributed by atoms with Crippen LogP contribution in [0.1, 0.15) is 54.1 Å². The number of benzene rings is 2. The normalized spacial score (nSPS) is 16.8. The van der Waals surface area contributed by atoms with Crippen molar-refractivity contribution in [1.82, 2.24) is 15.6 Å². The lowest BCUT2D eigenvalue weighted by Crippen LogP contribution is -2.67. The molecule has 0 aromatic heterocycles. The van der Waals surface area contributed by atoms with E-state index in [1.807, 2.05) is 29.2 Å². The van der Waals surface area contributed by atoms with E-state index < -0.39 is 17.1 Å². The molecule has 2 aromatic rings. The minimum absolute atomic E-state index is 0.0402. The van der Waals surface area contributed by atoms with Crippen molar-refractivity contribution in [1.29, 1.82) is 0 Å². The average Bonchev–Trinajstić information content (AvgIpc) is 2.81. The molecule has 3 amide bonds. The molecule has 0 atom stereocenters. The molecule has 10 heteroatoms. The van der Waals surface area contributed by atoms with Crippen molar-refractivity contribution < 1.29 is 18.8 Å². The van der Waals surface area contributed by atoms with E-state index >= 15 is 0 Å². The summed E-state index contributed by atoms with van der Waals surface area (Å²) in [4.78, 5) is 39.8. The summed E-state index contributed by atoms with van der Waals surface area (Å²) in [5.41, 5.74) is 3.51. The third-order valence-corrected chi connectivity index (χ3v) is 6.77. The van der Waals surface area contributed by atoms with Gasteiger partial charge in [0, 0.05) is 33.0 Å². The Morgan fingerprint density at radius 2 is 1.91 bits per heavy atom. The number of hydrogen-bond donors (Lipinski definition) is 3. The zero-order chi connectivity index (χ0) is 25.3. The van der Waals surface area contributed by atoms with Gasteiger partial charge in [-0.2, -0.15) is 5.10 Å². The highest BCUT2D eigenvalue weighted by molar-refractivity contribution is 6.31. The first kappa shape index (κ1) is 24.7. The Labute approximate surface area is 207 Å². The molecule has 0 unspecified atom stereocenters. The molecule has 0 saturated carbocycles. The number of likely N-dealkylation sites (tertiary alicyclic amines) is 1. The summed E-state index contributed by atoms with van der Waals surface area (Å²) in [7, 11) is 1.44. The van der Waals surface area contributed by atoms with Crippen LogP contribution < -0.4 is 16.1 Å². The molecule has 0 bridgehead atoms. The van der Waals surface area contributed by atoms with Crippen LogP contribution in [0.4, 0.5) is 10.1 Å². The summed E-state index contributed by atoms with van der Waals surface area (Å²) >= 11 is 5.90. The second-order valence-corrected chi connectivity index (χ2v) is 9.50. The largest absolute Gasteiger partial charge is 0.356 e. The monoisotopic (exact) mass is 499 g/mol. The maximum Gasteiger partial charge on any atom is 0.253 e. The molecular weight excluding hydrogens is 473 g/mol. The molecule has 2 heterocycles. The molecular formula is C25H27ClFN5O3. The van der Waals surface area contributed by atoms with E-state index in [4.69, 9.17) is 11.6 Å². The maximum atomic E-state index is 14.3. The van der Waals surface area contributed by atoms with E-state index in [1.165, 1.54) is 13.1 Å². The lowest BCUT2D eigenvalue weighted by atomic mass is 9.69. The maximum absolute atomic E-state index is 14.3. The van der Waals surface area contributed by atoms with Gasteiger partial charge in [0.1, 0.15) is 17.1 Å². The SMILES string of the molecule is CNC(=O)c1cc(Cl)c(F)cc1NC(=O)C1(c2ccccc2C(C)C)CN(C2=NNC(=O)CC2)C1. The van der Waals surface area contributed by atoms with E-state index in [0.717, 1.165) is 17.2 Å². The van der Waals surface area contributed by atoms with Gasteiger partial charge in [0.05, 0.1) is 16.3 Å². The molecule has 8 nitrogen and oxygen atoms in total. The molecule has 3 N–H and O–H groups in total. The van der Waals surface area contributed by atoms with Gasteiger partial charge in [0.2, 0.25) is 11.8 Å². The summed E-state index contributed by atoms with van der Waals surface area (Å²) in [6.07, 6.45) is 0.815. The third kappa shape index (κ3) is 4.60.